The summed E-state index contributed by atoms with van der Waals surface area (Å²) in [6.07, 6.45) is 4.68. The topological polar surface area (TPSA) is 34.1 Å². The van der Waals surface area contributed by atoms with Crippen LogP contribution in [-0.2, 0) is 6.54 Å². The number of nitrogens with zero attached hydrogens (tertiary/aromatic N) is 1. The van der Waals surface area contributed by atoms with Crippen molar-refractivity contribution in [2.24, 2.45) is 0 Å². The van der Waals surface area contributed by atoms with Gasteiger partial charge in [0, 0.05) is 25.0 Å². The maximum atomic E-state index is 5.65. The molecule has 2 aromatic rings. The summed E-state index contributed by atoms with van der Waals surface area (Å²) in [5, 5.41) is 3.52. The molecule has 0 saturated carbocycles. The Kier molecular flexibility index (Phi) is 5.56. The molecule has 1 N–H and O–H groups in total. The monoisotopic (exact) mass is 270 g/mol. The highest BCUT2D eigenvalue weighted by atomic mass is 16.5. The number of ether oxygens (including phenoxy) is 1. The van der Waals surface area contributed by atoms with Gasteiger partial charge < -0.3 is 10.1 Å². The molecular formula is C17H22N2O. The maximum absolute atomic E-state index is 5.65. The van der Waals surface area contributed by atoms with Gasteiger partial charge >= 0.3 is 0 Å². The van der Waals surface area contributed by atoms with Crippen molar-refractivity contribution in [1.29, 1.82) is 0 Å². The summed E-state index contributed by atoms with van der Waals surface area (Å²) < 4.78 is 5.65. The van der Waals surface area contributed by atoms with E-state index in [1.54, 1.807) is 0 Å². The zero-order valence-corrected chi connectivity index (χ0v) is 12.2. The third kappa shape index (κ3) is 4.35. The van der Waals surface area contributed by atoms with Gasteiger partial charge in [0.2, 0.25) is 0 Å². The van der Waals surface area contributed by atoms with Gasteiger partial charge in [-0.15, -0.1) is 0 Å². The largest absolute Gasteiger partial charge is 0.494 e. The Morgan fingerprint density at radius 1 is 1.20 bits per heavy atom. The third-order valence-corrected chi connectivity index (χ3v) is 3.19. The van der Waals surface area contributed by atoms with E-state index in [4.69, 9.17) is 4.74 Å². The molecule has 3 heteroatoms. The SMILES string of the molecule is CCCOc1cccc(CN[C@H](C)c2ccncc2)c1. The molecule has 0 amide bonds. The summed E-state index contributed by atoms with van der Waals surface area (Å²) >= 11 is 0. The number of hydrogen-bond acceptors (Lipinski definition) is 3. The molecule has 0 unspecified atom stereocenters. The van der Waals surface area contributed by atoms with Crippen molar-refractivity contribution < 1.29 is 4.74 Å². The van der Waals surface area contributed by atoms with Crippen LogP contribution in [0.3, 0.4) is 0 Å². The minimum Gasteiger partial charge on any atom is -0.494 e. The fourth-order valence-electron chi connectivity index (χ4n) is 2.01. The van der Waals surface area contributed by atoms with Crippen LogP contribution in [0.5, 0.6) is 5.75 Å². The van der Waals surface area contributed by atoms with Crippen molar-refractivity contribution in [1.82, 2.24) is 10.3 Å². The van der Waals surface area contributed by atoms with Gasteiger partial charge in [0.1, 0.15) is 5.75 Å². The first-order chi connectivity index (χ1) is 9.79. The fraction of sp³-hybridized carbons (Fsp3) is 0.353. The van der Waals surface area contributed by atoms with Crippen molar-refractivity contribution in [3.8, 4) is 5.75 Å². The van der Waals surface area contributed by atoms with Crippen molar-refractivity contribution >= 4 is 0 Å². The van der Waals surface area contributed by atoms with Gasteiger partial charge in [-0.25, -0.2) is 0 Å². The van der Waals surface area contributed by atoms with E-state index in [9.17, 15) is 0 Å². The van der Waals surface area contributed by atoms with Crippen LogP contribution < -0.4 is 10.1 Å². The van der Waals surface area contributed by atoms with Gasteiger partial charge in [0.15, 0.2) is 0 Å². The van der Waals surface area contributed by atoms with Crippen molar-refractivity contribution in [2.75, 3.05) is 6.61 Å². The minimum absolute atomic E-state index is 0.304. The van der Waals surface area contributed by atoms with Gasteiger partial charge in [-0.05, 0) is 48.7 Å². The lowest BCUT2D eigenvalue weighted by Crippen LogP contribution is -2.18. The summed E-state index contributed by atoms with van der Waals surface area (Å²) in [6.45, 7) is 5.87. The van der Waals surface area contributed by atoms with Crippen LogP contribution >= 0.6 is 0 Å². The summed E-state index contributed by atoms with van der Waals surface area (Å²) in [5.41, 5.74) is 2.48. The Bertz CT molecular complexity index is 513. The summed E-state index contributed by atoms with van der Waals surface area (Å²) in [4.78, 5) is 4.04. The molecule has 1 aromatic carbocycles. The van der Waals surface area contributed by atoms with Gasteiger partial charge in [-0.2, -0.15) is 0 Å². The molecule has 106 valence electrons. The molecule has 0 saturated heterocycles. The van der Waals surface area contributed by atoms with Gasteiger partial charge in [-0.3, -0.25) is 4.98 Å². The van der Waals surface area contributed by atoms with Crippen LogP contribution in [-0.4, -0.2) is 11.6 Å². The number of nitrogens with one attached hydrogen (secondary N) is 1. The standard InChI is InChI=1S/C17H22N2O/c1-3-11-20-17-6-4-5-15(12-17)13-19-14(2)16-7-9-18-10-8-16/h4-10,12,14,19H,3,11,13H2,1-2H3/t14-/m1/s1. The van der Waals surface area contributed by atoms with E-state index in [-0.39, 0.29) is 0 Å². The lowest BCUT2D eigenvalue weighted by molar-refractivity contribution is 0.317. The maximum Gasteiger partial charge on any atom is 0.119 e. The second kappa shape index (κ2) is 7.65. The smallest absolute Gasteiger partial charge is 0.119 e. The molecule has 0 bridgehead atoms. The normalized spacial score (nSPS) is 12.1. The van der Waals surface area contributed by atoms with Gasteiger partial charge in [0.05, 0.1) is 6.61 Å². The van der Waals surface area contributed by atoms with E-state index >= 15 is 0 Å². The lowest BCUT2D eigenvalue weighted by Gasteiger charge is -2.14. The number of aromatic nitrogens is 1. The molecule has 0 fully saturated rings. The van der Waals surface area contributed by atoms with E-state index in [2.05, 4.69) is 36.3 Å². The molecule has 0 radical (unpaired) electrons. The number of hydrogen-bond donors (Lipinski definition) is 1. The van der Waals surface area contributed by atoms with Crippen LogP contribution in [0.1, 0.15) is 37.4 Å². The quantitative estimate of drug-likeness (QED) is 0.832. The van der Waals surface area contributed by atoms with Crippen LogP contribution in [0.15, 0.2) is 48.8 Å². The average Bonchev–Trinajstić information content (AvgIpc) is 2.52. The highest BCUT2D eigenvalue weighted by Gasteiger charge is 2.04. The predicted octanol–water partition coefficient (Wildman–Crippen LogP) is 3.72. The number of rotatable bonds is 7. The zero-order valence-electron chi connectivity index (χ0n) is 12.2. The molecule has 0 aliphatic carbocycles. The lowest BCUT2D eigenvalue weighted by atomic mass is 10.1. The van der Waals surface area contributed by atoms with Crippen LogP contribution in [0.4, 0.5) is 0 Å². The number of benzene rings is 1. The van der Waals surface area contributed by atoms with E-state index in [0.29, 0.717) is 6.04 Å². The minimum atomic E-state index is 0.304. The van der Waals surface area contributed by atoms with Gasteiger partial charge in [0.25, 0.3) is 0 Å². The molecule has 20 heavy (non-hydrogen) atoms. The first-order valence-corrected chi connectivity index (χ1v) is 7.14. The second-order valence-corrected chi connectivity index (χ2v) is 4.88. The highest BCUT2D eigenvalue weighted by molar-refractivity contribution is 5.28. The predicted molar refractivity (Wildman–Crippen MR) is 81.7 cm³/mol. The molecule has 3 nitrogen and oxygen atoms in total. The van der Waals surface area contributed by atoms with Gasteiger partial charge in [-0.1, -0.05) is 19.1 Å². The molecule has 1 aromatic heterocycles. The molecule has 0 aliphatic rings. The molecule has 0 aliphatic heterocycles. The Morgan fingerprint density at radius 3 is 2.75 bits per heavy atom. The first-order valence-electron chi connectivity index (χ1n) is 7.14. The van der Waals surface area contributed by atoms with E-state index in [1.165, 1.54) is 11.1 Å². The van der Waals surface area contributed by atoms with E-state index in [0.717, 1.165) is 25.3 Å². The summed E-state index contributed by atoms with van der Waals surface area (Å²) in [7, 11) is 0. The van der Waals surface area contributed by atoms with Crippen molar-refractivity contribution in [2.45, 2.75) is 32.9 Å². The Morgan fingerprint density at radius 2 is 2.00 bits per heavy atom. The molecule has 2 rings (SSSR count). The molecule has 1 atom stereocenters. The molecular weight excluding hydrogens is 248 g/mol. The Labute approximate surface area is 121 Å². The summed E-state index contributed by atoms with van der Waals surface area (Å²) in [6, 6.07) is 12.6. The zero-order chi connectivity index (χ0) is 14.2. The Hall–Kier alpha value is -1.87. The van der Waals surface area contributed by atoms with E-state index < -0.39 is 0 Å². The fourth-order valence-corrected chi connectivity index (χ4v) is 2.01. The Balaban J connectivity index is 1.90. The van der Waals surface area contributed by atoms with Crippen LogP contribution in [0.2, 0.25) is 0 Å². The molecule has 1 heterocycles. The van der Waals surface area contributed by atoms with Crippen molar-refractivity contribution in [3.05, 3.63) is 59.9 Å². The average molecular weight is 270 g/mol. The molecule has 0 spiro atoms. The second-order valence-electron chi connectivity index (χ2n) is 4.88. The van der Waals surface area contributed by atoms with Crippen LogP contribution in [0.25, 0.3) is 0 Å². The first kappa shape index (κ1) is 14.5. The number of pyridine rings is 1. The van der Waals surface area contributed by atoms with Crippen molar-refractivity contribution in [3.63, 3.8) is 0 Å². The van der Waals surface area contributed by atoms with Crippen LogP contribution in [0, 0.1) is 0 Å². The third-order valence-electron chi connectivity index (χ3n) is 3.19. The highest BCUT2D eigenvalue weighted by Crippen LogP contribution is 2.15. The summed E-state index contributed by atoms with van der Waals surface area (Å²) in [5.74, 6) is 0.947. The van der Waals surface area contributed by atoms with E-state index in [1.807, 2.05) is 36.7 Å².